The summed E-state index contributed by atoms with van der Waals surface area (Å²) in [5.74, 6) is -3.94. The summed E-state index contributed by atoms with van der Waals surface area (Å²) in [5.41, 5.74) is 4.16. The number of carbonyl (C=O) groups is 4. The topological polar surface area (TPSA) is 179 Å². The van der Waals surface area contributed by atoms with Gasteiger partial charge in [0.15, 0.2) is 0 Å². The van der Waals surface area contributed by atoms with Gasteiger partial charge < -0.3 is 35.3 Å². The summed E-state index contributed by atoms with van der Waals surface area (Å²) in [7, 11) is -2.54. The summed E-state index contributed by atoms with van der Waals surface area (Å²) < 4.78 is 28.5. The van der Waals surface area contributed by atoms with Crippen molar-refractivity contribution in [2.45, 2.75) is 68.7 Å². The summed E-state index contributed by atoms with van der Waals surface area (Å²) in [5, 5.41) is 28.1. The van der Waals surface area contributed by atoms with Crippen LogP contribution < -0.4 is 129 Å². The molecule has 4 aromatic carbocycles. The van der Waals surface area contributed by atoms with E-state index in [0.29, 0.717) is 44.2 Å². The Morgan fingerprint density at radius 2 is 1.33 bits per heavy atom. The van der Waals surface area contributed by atoms with Crippen molar-refractivity contribution in [3.63, 3.8) is 0 Å². The van der Waals surface area contributed by atoms with E-state index in [1.165, 1.54) is 47.8 Å². The van der Waals surface area contributed by atoms with Gasteiger partial charge in [0.1, 0.15) is 0 Å². The molecular formula is C42H44K2N4O8S. The van der Waals surface area contributed by atoms with Crippen molar-refractivity contribution in [3.05, 3.63) is 119 Å². The maximum Gasteiger partial charge on any atom is 1.00 e. The molecule has 2 aliphatic rings. The van der Waals surface area contributed by atoms with Gasteiger partial charge in [0.2, 0.25) is 10.0 Å². The number of nitrogens with zero attached hydrogens (tertiary/aromatic N) is 2. The molecule has 4 aromatic rings. The summed E-state index contributed by atoms with van der Waals surface area (Å²) in [6, 6.07) is 24.7. The largest absolute Gasteiger partial charge is 1.00 e. The molecule has 0 aromatic heterocycles. The fourth-order valence-corrected chi connectivity index (χ4v) is 8.72. The van der Waals surface area contributed by atoms with Crippen LogP contribution >= 0.6 is 0 Å². The summed E-state index contributed by atoms with van der Waals surface area (Å²) in [6.45, 7) is 1.70. The minimum Gasteiger partial charge on any atom is -0.550 e. The smallest absolute Gasteiger partial charge is 0.550 e. The van der Waals surface area contributed by atoms with E-state index in [1.54, 1.807) is 36.4 Å². The SMILES string of the molecule is CN([C@H]1CC[C@H](C(=O)[O-])CC1)S(=O)(=O)c1cccc(C(=O)Nc2ccc(N3CCCCC3)cc2C(=O)Nc2ccc(CCc3ccc(C(=O)[O-])cc3)cc2)c1.[K+].[K+]. The molecule has 2 amide bonds. The standard InChI is InChI=1S/C42H46N4O8S.2K/c1-45(34-20-16-31(17-21-34)42(51)52)55(53,54)36-7-5-6-32(26-36)39(47)44-38-23-22-35(46-24-3-2-4-25-46)27-37(38)40(48)43-33-18-12-29(13-19-33)9-8-28-10-14-30(15-11-28)41(49)50;;/h5-7,10-15,18-19,22-23,26-27,31,34H,2-4,8-9,16-17,20-21,24-25H2,1H3,(H,43,48)(H,44,47)(H,49,50)(H,51,52);;/q;2*+1/p-2/t31-,34-;;. The number of aryl methyl sites for hydroxylation is 2. The third-order valence-electron chi connectivity index (χ3n) is 10.6. The van der Waals surface area contributed by atoms with E-state index >= 15 is 0 Å². The van der Waals surface area contributed by atoms with Gasteiger partial charge in [-0.25, -0.2) is 8.42 Å². The average molecular weight is 843 g/mol. The number of nitrogens with one attached hydrogen (secondary N) is 2. The van der Waals surface area contributed by atoms with Crippen LogP contribution in [-0.2, 0) is 27.7 Å². The summed E-state index contributed by atoms with van der Waals surface area (Å²) >= 11 is 0. The summed E-state index contributed by atoms with van der Waals surface area (Å²) in [6.07, 6.45) is 6.06. The molecule has 1 saturated carbocycles. The Morgan fingerprint density at radius 1 is 0.719 bits per heavy atom. The van der Waals surface area contributed by atoms with Crippen LogP contribution in [0.25, 0.3) is 0 Å². The Bertz CT molecular complexity index is 2150. The van der Waals surface area contributed by atoms with Crippen molar-refractivity contribution in [3.8, 4) is 0 Å². The molecule has 0 bridgehead atoms. The fourth-order valence-electron chi connectivity index (χ4n) is 7.26. The van der Waals surface area contributed by atoms with E-state index in [4.69, 9.17) is 0 Å². The van der Waals surface area contributed by atoms with Crippen molar-refractivity contribution in [1.82, 2.24) is 4.31 Å². The third-order valence-corrected chi connectivity index (χ3v) is 12.5. The number of anilines is 3. The maximum atomic E-state index is 13.9. The number of sulfonamides is 1. The molecule has 15 heteroatoms. The van der Waals surface area contributed by atoms with Crippen LogP contribution in [0.2, 0.25) is 0 Å². The van der Waals surface area contributed by atoms with Crippen LogP contribution in [0.3, 0.4) is 0 Å². The van der Waals surface area contributed by atoms with Crippen LogP contribution in [0.15, 0.2) is 95.9 Å². The number of amides is 2. The Hall–Kier alpha value is -2.26. The van der Waals surface area contributed by atoms with E-state index in [9.17, 15) is 37.8 Å². The zero-order valence-corrected chi connectivity index (χ0v) is 39.7. The van der Waals surface area contributed by atoms with Crippen molar-refractivity contribution in [2.24, 2.45) is 5.92 Å². The van der Waals surface area contributed by atoms with Gasteiger partial charge in [-0.2, -0.15) is 4.31 Å². The molecule has 0 unspecified atom stereocenters. The molecule has 6 rings (SSSR count). The molecule has 0 spiro atoms. The van der Waals surface area contributed by atoms with Crippen molar-refractivity contribution in [1.29, 1.82) is 0 Å². The monoisotopic (exact) mass is 842 g/mol. The van der Waals surface area contributed by atoms with Crippen LogP contribution in [0.4, 0.5) is 17.1 Å². The molecule has 0 radical (unpaired) electrons. The number of carbonyl (C=O) groups excluding carboxylic acids is 4. The van der Waals surface area contributed by atoms with Crippen molar-refractivity contribution < 1.29 is 141 Å². The number of piperidine rings is 1. The predicted octanol–water partition coefficient (Wildman–Crippen LogP) is -1.73. The molecule has 1 aliphatic carbocycles. The van der Waals surface area contributed by atoms with Gasteiger partial charge in [0.25, 0.3) is 11.8 Å². The van der Waals surface area contributed by atoms with Crippen molar-refractivity contribution in [2.75, 3.05) is 35.7 Å². The van der Waals surface area contributed by atoms with Gasteiger partial charge in [-0.15, -0.1) is 0 Å². The summed E-state index contributed by atoms with van der Waals surface area (Å²) in [4.78, 5) is 52.0. The zero-order chi connectivity index (χ0) is 39.1. The second kappa shape index (κ2) is 21.8. The van der Waals surface area contributed by atoms with Crippen LogP contribution in [-0.4, -0.2) is 62.7 Å². The molecule has 288 valence electrons. The van der Waals surface area contributed by atoms with Crippen molar-refractivity contribution >= 4 is 50.8 Å². The van der Waals surface area contributed by atoms with Gasteiger partial charge in [-0.1, -0.05) is 42.5 Å². The van der Waals surface area contributed by atoms with E-state index in [-0.39, 0.29) is 136 Å². The first-order valence-corrected chi connectivity index (χ1v) is 20.0. The van der Waals surface area contributed by atoms with E-state index < -0.39 is 39.7 Å². The number of carboxylic acids is 2. The van der Waals surface area contributed by atoms with Gasteiger partial charge in [-0.3, -0.25) is 9.59 Å². The maximum absolute atomic E-state index is 13.9. The number of rotatable bonds is 13. The zero-order valence-electron chi connectivity index (χ0n) is 32.7. The average Bonchev–Trinajstić information content (AvgIpc) is 3.21. The number of hydrogen-bond donors (Lipinski definition) is 2. The first kappa shape index (κ1) is 47.4. The molecule has 12 nitrogen and oxygen atoms in total. The molecule has 1 heterocycles. The van der Waals surface area contributed by atoms with E-state index in [1.807, 2.05) is 18.2 Å². The minimum absolute atomic E-state index is 0. The molecule has 2 N–H and O–H groups in total. The molecular weight excluding hydrogens is 799 g/mol. The normalized spacial score (nSPS) is 16.8. The second-order valence-corrected chi connectivity index (χ2v) is 16.2. The first-order valence-electron chi connectivity index (χ1n) is 18.6. The first-order chi connectivity index (χ1) is 26.4. The third kappa shape index (κ3) is 12.4. The Labute approximate surface area is 419 Å². The molecule has 2 fully saturated rings. The number of aromatic carboxylic acids is 1. The number of benzene rings is 4. The fraction of sp³-hybridized carbons (Fsp3) is 0.333. The van der Waals surface area contributed by atoms with Gasteiger partial charge >= 0.3 is 103 Å². The Morgan fingerprint density at radius 3 is 1.93 bits per heavy atom. The molecule has 1 saturated heterocycles. The second-order valence-electron chi connectivity index (χ2n) is 14.2. The number of carboxylic acid groups (broad SMARTS) is 2. The van der Waals surface area contributed by atoms with Gasteiger partial charge in [0, 0.05) is 49.1 Å². The van der Waals surface area contributed by atoms with Crippen LogP contribution in [0.5, 0.6) is 0 Å². The van der Waals surface area contributed by atoms with Crippen LogP contribution in [0.1, 0.15) is 87.1 Å². The number of aliphatic carboxylic acids is 1. The quantitative estimate of drug-likeness (QED) is 0.148. The number of hydrogen-bond acceptors (Lipinski definition) is 9. The Balaban J connectivity index is 0.00000360. The van der Waals surface area contributed by atoms with E-state index in [2.05, 4.69) is 15.5 Å². The Kier molecular flexibility index (Phi) is 18.2. The van der Waals surface area contributed by atoms with Gasteiger partial charge in [-0.05, 0) is 129 Å². The molecule has 0 atom stereocenters. The van der Waals surface area contributed by atoms with Gasteiger partial charge in [0.05, 0.1) is 22.1 Å². The minimum atomic E-state index is -4.01. The van der Waals surface area contributed by atoms with Crippen LogP contribution in [0, 0.1) is 5.92 Å². The molecule has 57 heavy (non-hydrogen) atoms. The molecule has 1 aliphatic heterocycles. The predicted molar refractivity (Wildman–Crippen MR) is 205 cm³/mol. The van der Waals surface area contributed by atoms with E-state index in [0.717, 1.165) is 49.2 Å².